The highest BCUT2D eigenvalue weighted by Gasteiger charge is 2.26. The van der Waals surface area contributed by atoms with E-state index in [1.54, 1.807) is 16.9 Å². The third-order valence-electron chi connectivity index (χ3n) is 6.22. The van der Waals surface area contributed by atoms with Crippen LogP contribution in [0.4, 0.5) is 14.6 Å². The molecule has 2 atom stereocenters. The van der Waals surface area contributed by atoms with Gasteiger partial charge in [0.15, 0.2) is 17.4 Å². The van der Waals surface area contributed by atoms with E-state index in [2.05, 4.69) is 15.0 Å². The van der Waals surface area contributed by atoms with Crippen molar-refractivity contribution in [1.82, 2.24) is 24.7 Å². The molecule has 0 saturated carbocycles. The van der Waals surface area contributed by atoms with E-state index < -0.39 is 23.8 Å². The number of aromatic nitrogens is 5. The number of hydrogen-bond acceptors (Lipinski definition) is 8. The minimum absolute atomic E-state index is 0.0353. The zero-order valence-electron chi connectivity index (χ0n) is 19.8. The second-order valence-corrected chi connectivity index (χ2v) is 8.96. The van der Waals surface area contributed by atoms with Crippen molar-refractivity contribution < 1.29 is 23.7 Å². The summed E-state index contributed by atoms with van der Waals surface area (Å²) in [6.45, 7) is 2.65. The SMILES string of the molecule is C[C@@H](O)[C@@H](O)c1cc2nc(N3CCC(Oc4ccc(F)cc4F)CC3)c(-c3cnn(C)c3)nc2cn1. The Kier molecular flexibility index (Phi) is 6.50. The molecule has 2 N–H and O–H groups in total. The Bertz CT molecular complexity index is 1390. The predicted octanol–water partition coefficient (Wildman–Crippen LogP) is 3.17. The summed E-state index contributed by atoms with van der Waals surface area (Å²) in [6.07, 6.45) is 3.95. The number of rotatable bonds is 6. The lowest BCUT2D eigenvalue weighted by molar-refractivity contribution is 0.0279. The molecule has 0 spiro atoms. The van der Waals surface area contributed by atoms with Crippen LogP contribution < -0.4 is 9.64 Å². The molecule has 188 valence electrons. The van der Waals surface area contributed by atoms with Crippen LogP contribution in [0.1, 0.15) is 31.6 Å². The Morgan fingerprint density at radius 1 is 1.06 bits per heavy atom. The lowest BCUT2D eigenvalue weighted by atomic mass is 10.1. The summed E-state index contributed by atoms with van der Waals surface area (Å²) in [5, 5.41) is 24.3. The molecule has 4 heterocycles. The summed E-state index contributed by atoms with van der Waals surface area (Å²) in [5.74, 6) is -0.689. The van der Waals surface area contributed by atoms with Gasteiger partial charge in [-0.05, 0) is 25.1 Å². The van der Waals surface area contributed by atoms with Crippen molar-refractivity contribution >= 4 is 16.9 Å². The minimum atomic E-state index is -1.14. The zero-order chi connectivity index (χ0) is 25.4. The molecule has 1 fully saturated rings. The summed E-state index contributed by atoms with van der Waals surface area (Å²) in [6, 6.07) is 4.92. The van der Waals surface area contributed by atoms with Crippen molar-refractivity contribution in [3.8, 4) is 17.0 Å². The zero-order valence-corrected chi connectivity index (χ0v) is 19.8. The third-order valence-corrected chi connectivity index (χ3v) is 6.22. The molecule has 1 aliphatic heterocycles. The van der Waals surface area contributed by atoms with Gasteiger partial charge < -0.3 is 19.8 Å². The standard InChI is InChI=1S/C25H26F2N6O3/c1-14(34)24(35)20-10-19-21(12-28-20)30-23(15-11-29-32(2)13-15)25(31-19)33-7-5-17(6-8-33)36-22-4-3-16(26)9-18(22)27/h3-4,9-14,17,24,34-35H,5-8H2,1-2H3/t14-,24-/m1/s1. The van der Waals surface area contributed by atoms with E-state index in [1.807, 2.05) is 13.2 Å². The molecule has 36 heavy (non-hydrogen) atoms. The van der Waals surface area contributed by atoms with Crippen LogP contribution in [0.25, 0.3) is 22.3 Å². The molecule has 1 aliphatic rings. The summed E-state index contributed by atoms with van der Waals surface area (Å²) < 4.78 is 34.7. The van der Waals surface area contributed by atoms with Gasteiger partial charge in [-0.15, -0.1) is 0 Å². The third kappa shape index (κ3) is 4.84. The van der Waals surface area contributed by atoms with Crippen LogP contribution >= 0.6 is 0 Å². The Morgan fingerprint density at radius 2 is 1.83 bits per heavy atom. The Balaban J connectivity index is 1.44. The molecule has 9 nitrogen and oxygen atoms in total. The topological polar surface area (TPSA) is 109 Å². The van der Waals surface area contributed by atoms with Crippen LogP contribution in [0.5, 0.6) is 5.75 Å². The molecule has 0 amide bonds. The van der Waals surface area contributed by atoms with Gasteiger partial charge in [0.25, 0.3) is 0 Å². The van der Waals surface area contributed by atoms with Crippen molar-refractivity contribution in [3.63, 3.8) is 0 Å². The first-order chi connectivity index (χ1) is 17.3. The molecule has 0 radical (unpaired) electrons. The van der Waals surface area contributed by atoms with Crippen molar-refractivity contribution in [2.75, 3.05) is 18.0 Å². The molecule has 5 rings (SSSR count). The van der Waals surface area contributed by atoms with Crippen LogP contribution in [-0.2, 0) is 7.05 Å². The van der Waals surface area contributed by atoms with Gasteiger partial charge in [-0.2, -0.15) is 5.10 Å². The predicted molar refractivity (Wildman–Crippen MR) is 128 cm³/mol. The maximum Gasteiger partial charge on any atom is 0.167 e. The monoisotopic (exact) mass is 496 g/mol. The maximum atomic E-state index is 14.0. The first kappa shape index (κ1) is 24.0. The average Bonchev–Trinajstić information content (AvgIpc) is 3.30. The Labute approximate surface area is 206 Å². The number of benzene rings is 1. The van der Waals surface area contributed by atoms with Gasteiger partial charge in [-0.1, -0.05) is 0 Å². The van der Waals surface area contributed by atoms with E-state index in [4.69, 9.17) is 14.7 Å². The van der Waals surface area contributed by atoms with Gasteiger partial charge in [0.1, 0.15) is 29.2 Å². The van der Waals surface area contributed by atoms with Gasteiger partial charge in [0.2, 0.25) is 0 Å². The first-order valence-corrected chi connectivity index (χ1v) is 11.7. The maximum absolute atomic E-state index is 14.0. The molecule has 1 aromatic carbocycles. The van der Waals surface area contributed by atoms with E-state index in [0.29, 0.717) is 54.2 Å². The Hall–Kier alpha value is -3.70. The number of piperidine rings is 1. The van der Waals surface area contributed by atoms with Gasteiger partial charge in [0, 0.05) is 50.8 Å². The largest absolute Gasteiger partial charge is 0.487 e. The molecule has 11 heteroatoms. The van der Waals surface area contributed by atoms with Crippen molar-refractivity contribution in [3.05, 3.63) is 60.2 Å². The highest BCUT2D eigenvalue weighted by molar-refractivity contribution is 5.83. The molecule has 0 bridgehead atoms. The van der Waals surface area contributed by atoms with Crippen molar-refractivity contribution in [2.24, 2.45) is 7.05 Å². The molecular formula is C25H26F2N6O3. The number of nitrogens with zero attached hydrogens (tertiary/aromatic N) is 6. The van der Waals surface area contributed by atoms with E-state index >= 15 is 0 Å². The number of aliphatic hydroxyl groups is 2. The lowest BCUT2D eigenvalue weighted by Crippen LogP contribution is -2.39. The second kappa shape index (κ2) is 9.75. The van der Waals surface area contributed by atoms with Crippen LogP contribution in [0.2, 0.25) is 0 Å². The fraction of sp³-hybridized carbons (Fsp3) is 0.360. The van der Waals surface area contributed by atoms with Crippen LogP contribution in [0, 0.1) is 11.6 Å². The van der Waals surface area contributed by atoms with E-state index in [0.717, 1.165) is 11.6 Å². The van der Waals surface area contributed by atoms with Crippen molar-refractivity contribution in [2.45, 2.75) is 38.1 Å². The van der Waals surface area contributed by atoms with E-state index in [1.165, 1.54) is 25.3 Å². The fourth-order valence-corrected chi connectivity index (χ4v) is 4.27. The smallest absolute Gasteiger partial charge is 0.167 e. The quantitative estimate of drug-likeness (QED) is 0.419. The first-order valence-electron chi connectivity index (χ1n) is 11.7. The second-order valence-electron chi connectivity index (χ2n) is 8.96. The summed E-state index contributed by atoms with van der Waals surface area (Å²) in [4.78, 5) is 16.0. The molecule has 0 aliphatic carbocycles. The Morgan fingerprint density at radius 3 is 2.50 bits per heavy atom. The number of pyridine rings is 1. The highest BCUT2D eigenvalue weighted by Crippen LogP contribution is 2.32. The lowest BCUT2D eigenvalue weighted by Gasteiger charge is -2.33. The summed E-state index contributed by atoms with van der Waals surface area (Å²) in [7, 11) is 1.82. The van der Waals surface area contributed by atoms with E-state index in [-0.39, 0.29) is 11.9 Å². The van der Waals surface area contributed by atoms with Crippen LogP contribution in [-0.4, -0.2) is 60.2 Å². The molecule has 1 saturated heterocycles. The summed E-state index contributed by atoms with van der Waals surface area (Å²) in [5.41, 5.74) is 2.82. The number of halogens is 2. The number of ether oxygens (including phenoxy) is 1. The molecule has 0 unspecified atom stereocenters. The minimum Gasteiger partial charge on any atom is -0.487 e. The number of aryl methyl sites for hydroxylation is 1. The number of aliphatic hydroxyl groups excluding tert-OH is 2. The van der Waals surface area contributed by atoms with Crippen molar-refractivity contribution in [1.29, 1.82) is 0 Å². The van der Waals surface area contributed by atoms with Crippen LogP contribution in [0.3, 0.4) is 0 Å². The normalized spacial score (nSPS) is 16.3. The van der Waals surface area contributed by atoms with Gasteiger partial charge in [-0.25, -0.2) is 18.7 Å². The molecular weight excluding hydrogens is 470 g/mol. The van der Waals surface area contributed by atoms with E-state index in [9.17, 15) is 19.0 Å². The number of fused-ring (bicyclic) bond motifs is 1. The highest BCUT2D eigenvalue weighted by atomic mass is 19.1. The molecule has 3 aromatic heterocycles. The number of hydrogen-bond donors (Lipinski definition) is 2. The molecule has 4 aromatic rings. The van der Waals surface area contributed by atoms with Gasteiger partial charge in [0.05, 0.1) is 29.7 Å². The van der Waals surface area contributed by atoms with Gasteiger partial charge in [-0.3, -0.25) is 9.67 Å². The van der Waals surface area contributed by atoms with Crippen LogP contribution in [0.15, 0.2) is 42.9 Å². The average molecular weight is 497 g/mol. The van der Waals surface area contributed by atoms with Gasteiger partial charge >= 0.3 is 0 Å². The fourth-order valence-electron chi connectivity index (χ4n) is 4.27. The number of anilines is 1. The summed E-state index contributed by atoms with van der Waals surface area (Å²) >= 11 is 0.